The maximum atomic E-state index is 12.7. The number of carbonyl (C=O) groups is 1. The van der Waals surface area contributed by atoms with Gasteiger partial charge in [0.25, 0.3) is 5.91 Å². The average Bonchev–Trinajstić information content (AvgIpc) is 2.66. The summed E-state index contributed by atoms with van der Waals surface area (Å²) < 4.78 is 0. The van der Waals surface area contributed by atoms with Gasteiger partial charge in [-0.15, -0.1) is 0 Å². The van der Waals surface area contributed by atoms with Crippen molar-refractivity contribution in [2.24, 2.45) is 0 Å². The van der Waals surface area contributed by atoms with Gasteiger partial charge in [0.2, 0.25) is 0 Å². The van der Waals surface area contributed by atoms with Crippen molar-refractivity contribution in [1.82, 2.24) is 19.9 Å². The molecular weight excluding hydrogens is 314 g/mol. The summed E-state index contributed by atoms with van der Waals surface area (Å²) in [5.41, 5.74) is 1.73. The van der Waals surface area contributed by atoms with Crippen LogP contribution in [0, 0.1) is 6.92 Å². The van der Waals surface area contributed by atoms with Crippen LogP contribution < -0.4 is 4.90 Å². The summed E-state index contributed by atoms with van der Waals surface area (Å²) in [4.78, 5) is 29.6. The Morgan fingerprint density at radius 1 is 1.16 bits per heavy atom. The highest BCUT2D eigenvalue weighted by atomic mass is 16.2. The number of pyridine rings is 1. The maximum absolute atomic E-state index is 12.7. The smallest absolute Gasteiger partial charge is 0.272 e. The van der Waals surface area contributed by atoms with E-state index in [1.165, 1.54) is 12.0 Å². The second kappa shape index (κ2) is 8.05. The number of likely N-dealkylation sites (tertiary alicyclic amines) is 1. The molecule has 0 spiro atoms. The molecule has 132 valence electrons. The summed E-state index contributed by atoms with van der Waals surface area (Å²) in [5.74, 6) is 1.45. The van der Waals surface area contributed by atoms with Gasteiger partial charge < -0.3 is 9.80 Å². The molecule has 3 rings (SSSR count). The Labute approximate surface area is 148 Å². The van der Waals surface area contributed by atoms with Crippen molar-refractivity contribution in [3.05, 3.63) is 47.7 Å². The van der Waals surface area contributed by atoms with Gasteiger partial charge >= 0.3 is 0 Å². The Morgan fingerprint density at radius 2 is 1.88 bits per heavy atom. The fourth-order valence-electron chi connectivity index (χ4n) is 3.08. The molecule has 0 atom stereocenters. The molecule has 0 bridgehead atoms. The molecule has 1 aliphatic rings. The zero-order chi connectivity index (χ0) is 17.6. The minimum atomic E-state index is 0.0222. The molecule has 0 aliphatic carbocycles. The molecule has 1 amide bonds. The number of amides is 1. The van der Waals surface area contributed by atoms with E-state index in [9.17, 15) is 4.79 Å². The summed E-state index contributed by atoms with van der Waals surface area (Å²) in [6.07, 6.45) is 7.87. The fraction of sp³-hybridized carbons (Fsp3) is 0.474. The van der Waals surface area contributed by atoms with E-state index in [1.54, 1.807) is 12.4 Å². The van der Waals surface area contributed by atoms with Gasteiger partial charge in [-0.2, -0.15) is 0 Å². The van der Waals surface area contributed by atoms with Gasteiger partial charge in [-0.3, -0.25) is 9.78 Å². The first-order chi connectivity index (χ1) is 12.1. The van der Waals surface area contributed by atoms with E-state index >= 15 is 0 Å². The molecule has 2 aromatic rings. The number of nitrogens with zero attached hydrogens (tertiary/aromatic N) is 5. The third kappa shape index (κ3) is 4.53. The molecule has 0 radical (unpaired) electrons. The number of likely N-dealkylation sites (N-methyl/N-ethyl adjacent to an activating group) is 1. The number of hydrogen-bond donors (Lipinski definition) is 0. The minimum absolute atomic E-state index is 0.0222. The Kier molecular flexibility index (Phi) is 5.58. The summed E-state index contributed by atoms with van der Waals surface area (Å²) >= 11 is 0. The van der Waals surface area contributed by atoms with Crippen molar-refractivity contribution in [3.8, 4) is 0 Å². The Balaban J connectivity index is 1.70. The van der Waals surface area contributed by atoms with Gasteiger partial charge in [0.15, 0.2) is 0 Å². The molecule has 1 fully saturated rings. The Hall–Kier alpha value is -2.50. The molecule has 6 heteroatoms. The van der Waals surface area contributed by atoms with Gasteiger partial charge in [0.1, 0.15) is 17.3 Å². The topological polar surface area (TPSA) is 62.2 Å². The van der Waals surface area contributed by atoms with Crippen molar-refractivity contribution in [2.45, 2.75) is 32.6 Å². The van der Waals surface area contributed by atoms with E-state index in [1.807, 2.05) is 37.1 Å². The largest absolute Gasteiger partial charge is 0.359 e. The molecule has 0 saturated carbocycles. The zero-order valence-electron chi connectivity index (χ0n) is 15.0. The van der Waals surface area contributed by atoms with Crippen LogP contribution in [-0.4, -0.2) is 52.4 Å². The van der Waals surface area contributed by atoms with E-state index < -0.39 is 0 Å². The van der Waals surface area contributed by atoms with Crippen LogP contribution in [0.5, 0.6) is 0 Å². The average molecular weight is 339 g/mol. The molecule has 0 N–H and O–H groups in total. The van der Waals surface area contributed by atoms with Crippen LogP contribution in [0.3, 0.4) is 0 Å². The molecule has 1 saturated heterocycles. The highest BCUT2D eigenvalue weighted by molar-refractivity contribution is 5.93. The van der Waals surface area contributed by atoms with Gasteiger partial charge in [-0.05, 0) is 50.3 Å². The molecule has 6 nitrogen and oxygen atoms in total. The van der Waals surface area contributed by atoms with E-state index in [0.717, 1.165) is 44.7 Å². The first-order valence-corrected chi connectivity index (χ1v) is 8.88. The maximum Gasteiger partial charge on any atom is 0.272 e. The lowest BCUT2D eigenvalue weighted by Gasteiger charge is -2.27. The number of aromatic nitrogens is 3. The van der Waals surface area contributed by atoms with Crippen LogP contribution in [0.25, 0.3) is 0 Å². The lowest BCUT2D eigenvalue weighted by Crippen LogP contribution is -2.36. The molecule has 1 aliphatic heterocycles. The van der Waals surface area contributed by atoms with E-state index in [-0.39, 0.29) is 5.91 Å². The number of rotatable bonds is 5. The van der Waals surface area contributed by atoms with Gasteiger partial charge in [-0.1, -0.05) is 0 Å². The summed E-state index contributed by atoms with van der Waals surface area (Å²) in [5, 5.41) is 0. The van der Waals surface area contributed by atoms with Crippen LogP contribution in [0.1, 0.15) is 41.1 Å². The van der Waals surface area contributed by atoms with Crippen molar-refractivity contribution in [2.75, 3.05) is 31.6 Å². The normalized spacial score (nSPS) is 14.4. The predicted molar refractivity (Wildman–Crippen MR) is 97.7 cm³/mol. The van der Waals surface area contributed by atoms with Crippen LogP contribution in [0.4, 0.5) is 5.82 Å². The number of carbonyl (C=O) groups excluding carboxylic acids is 1. The molecule has 25 heavy (non-hydrogen) atoms. The summed E-state index contributed by atoms with van der Waals surface area (Å²) in [6, 6.07) is 5.85. The quantitative estimate of drug-likeness (QED) is 0.837. The van der Waals surface area contributed by atoms with Crippen LogP contribution in [-0.2, 0) is 6.42 Å². The second-order valence-electron chi connectivity index (χ2n) is 6.54. The Morgan fingerprint density at radius 3 is 2.60 bits per heavy atom. The number of anilines is 1. The van der Waals surface area contributed by atoms with Gasteiger partial charge in [0, 0.05) is 45.1 Å². The van der Waals surface area contributed by atoms with Crippen molar-refractivity contribution in [3.63, 3.8) is 0 Å². The molecule has 0 unspecified atom stereocenters. The standard InChI is InChI=1S/C19H25N5O/c1-15-21-17(19(25)24-11-4-3-5-12-24)14-18(22-15)23(2)13-8-16-6-9-20-10-7-16/h6-7,9-10,14H,3-5,8,11-13H2,1-2H3. The van der Waals surface area contributed by atoms with Crippen LogP contribution >= 0.6 is 0 Å². The van der Waals surface area contributed by atoms with Crippen molar-refractivity contribution >= 4 is 11.7 Å². The predicted octanol–water partition coefficient (Wildman–Crippen LogP) is 2.49. The second-order valence-corrected chi connectivity index (χ2v) is 6.54. The monoisotopic (exact) mass is 339 g/mol. The first kappa shape index (κ1) is 17.3. The SMILES string of the molecule is Cc1nc(C(=O)N2CCCCC2)cc(N(C)CCc2ccncc2)n1. The highest BCUT2D eigenvalue weighted by Crippen LogP contribution is 2.16. The van der Waals surface area contributed by atoms with Crippen molar-refractivity contribution < 1.29 is 4.79 Å². The fourth-order valence-corrected chi connectivity index (χ4v) is 3.08. The minimum Gasteiger partial charge on any atom is -0.359 e. The lowest BCUT2D eigenvalue weighted by molar-refractivity contribution is 0.0718. The lowest BCUT2D eigenvalue weighted by atomic mass is 10.1. The number of aryl methyl sites for hydroxylation is 1. The van der Waals surface area contributed by atoms with Crippen LogP contribution in [0.2, 0.25) is 0 Å². The number of hydrogen-bond acceptors (Lipinski definition) is 5. The molecular formula is C19H25N5O. The number of piperidine rings is 1. The van der Waals surface area contributed by atoms with Crippen molar-refractivity contribution in [1.29, 1.82) is 0 Å². The molecule has 3 heterocycles. The van der Waals surface area contributed by atoms with Crippen LogP contribution in [0.15, 0.2) is 30.6 Å². The van der Waals surface area contributed by atoms with Gasteiger partial charge in [-0.25, -0.2) is 9.97 Å². The third-order valence-electron chi connectivity index (χ3n) is 4.56. The highest BCUT2D eigenvalue weighted by Gasteiger charge is 2.21. The van der Waals surface area contributed by atoms with E-state index in [4.69, 9.17) is 0 Å². The van der Waals surface area contributed by atoms with E-state index in [0.29, 0.717) is 11.5 Å². The Bertz CT molecular complexity index is 713. The molecule has 0 aromatic carbocycles. The van der Waals surface area contributed by atoms with E-state index in [2.05, 4.69) is 19.9 Å². The first-order valence-electron chi connectivity index (χ1n) is 8.88. The zero-order valence-corrected chi connectivity index (χ0v) is 15.0. The summed E-state index contributed by atoms with van der Waals surface area (Å²) in [6.45, 7) is 4.31. The third-order valence-corrected chi connectivity index (χ3v) is 4.56. The molecule has 2 aromatic heterocycles. The summed E-state index contributed by atoms with van der Waals surface area (Å²) in [7, 11) is 2.00. The van der Waals surface area contributed by atoms with Gasteiger partial charge in [0.05, 0.1) is 0 Å².